The van der Waals surface area contributed by atoms with Gasteiger partial charge in [0.1, 0.15) is 5.82 Å². The smallest absolute Gasteiger partial charge is 0.255 e. The van der Waals surface area contributed by atoms with Gasteiger partial charge in [-0.3, -0.25) is 4.79 Å². The molecule has 1 N–H and O–H groups in total. The van der Waals surface area contributed by atoms with Gasteiger partial charge in [-0.2, -0.15) is 0 Å². The number of hydrogen-bond donors (Lipinski definition) is 1. The van der Waals surface area contributed by atoms with Crippen molar-refractivity contribution in [2.75, 3.05) is 23.3 Å². The first-order valence-electron chi connectivity index (χ1n) is 9.43. The van der Waals surface area contributed by atoms with E-state index in [1.165, 1.54) is 43.5 Å². The van der Waals surface area contributed by atoms with Crippen molar-refractivity contribution >= 4 is 17.5 Å². The first-order chi connectivity index (χ1) is 13.7. The molecule has 1 amide bonds. The maximum absolute atomic E-state index is 13.0. The average molecular weight is 376 g/mol. The molecule has 5 nitrogen and oxygen atoms in total. The number of piperidine rings is 1. The fourth-order valence-electron chi connectivity index (χ4n) is 3.30. The topological polar surface area (TPSA) is 58.1 Å². The number of nitrogens with one attached hydrogen (secondary N) is 1. The standard InChI is InChI=1S/C22H21FN4O/c23-19-7-9-20(10-8-19)26-21(28)17-6-4-5-16(13-17)18-14-24-22(25-15-18)27-11-2-1-3-12-27/h4-10,13-15H,1-3,11-12H2,(H,26,28). The van der Waals surface area contributed by atoms with Gasteiger partial charge in [0.05, 0.1) is 0 Å². The molecule has 4 rings (SSSR count). The van der Waals surface area contributed by atoms with E-state index in [4.69, 9.17) is 0 Å². The lowest BCUT2D eigenvalue weighted by molar-refractivity contribution is 0.102. The lowest BCUT2D eigenvalue weighted by Crippen LogP contribution is -2.30. The van der Waals surface area contributed by atoms with Gasteiger partial charge in [-0.25, -0.2) is 14.4 Å². The number of carbonyl (C=O) groups is 1. The fraction of sp³-hybridized carbons (Fsp3) is 0.227. The van der Waals surface area contributed by atoms with Gasteiger partial charge in [0.15, 0.2) is 0 Å². The Morgan fingerprint density at radius 2 is 1.64 bits per heavy atom. The summed E-state index contributed by atoms with van der Waals surface area (Å²) in [7, 11) is 0. The van der Waals surface area contributed by atoms with E-state index in [1.807, 2.05) is 12.1 Å². The molecule has 2 heterocycles. The van der Waals surface area contributed by atoms with Crippen molar-refractivity contribution in [3.63, 3.8) is 0 Å². The summed E-state index contributed by atoms with van der Waals surface area (Å²) in [4.78, 5) is 23.7. The summed E-state index contributed by atoms with van der Waals surface area (Å²) in [6.45, 7) is 2.00. The quantitative estimate of drug-likeness (QED) is 0.727. The molecule has 1 aromatic heterocycles. The summed E-state index contributed by atoms with van der Waals surface area (Å²) in [6, 6.07) is 13.0. The van der Waals surface area contributed by atoms with Crippen LogP contribution in [0.2, 0.25) is 0 Å². The first kappa shape index (κ1) is 18.1. The van der Waals surface area contributed by atoms with E-state index in [0.717, 1.165) is 30.2 Å². The predicted octanol–water partition coefficient (Wildman–Crippen LogP) is 4.53. The first-order valence-corrected chi connectivity index (χ1v) is 9.43. The highest BCUT2D eigenvalue weighted by molar-refractivity contribution is 6.04. The summed E-state index contributed by atoms with van der Waals surface area (Å²) >= 11 is 0. The van der Waals surface area contributed by atoms with Crippen LogP contribution in [0.1, 0.15) is 29.6 Å². The maximum Gasteiger partial charge on any atom is 0.255 e. The normalized spacial score (nSPS) is 14.0. The minimum Gasteiger partial charge on any atom is -0.341 e. The van der Waals surface area contributed by atoms with Crippen molar-refractivity contribution in [3.8, 4) is 11.1 Å². The van der Waals surface area contributed by atoms with E-state index >= 15 is 0 Å². The zero-order valence-electron chi connectivity index (χ0n) is 15.4. The van der Waals surface area contributed by atoms with E-state index in [9.17, 15) is 9.18 Å². The molecule has 1 fully saturated rings. The fourth-order valence-corrected chi connectivity index (χ4v) is 3.30. The number of hydrogen-bond acceptors (Lipinski definition) is 4. The lowest BCUT2D eigenvalue weighted by atomic mass is 10.1. The highest BCUT2D eigenvalue weighted by Gasteiger charge is 2.14. The highest BCUT2D eigenvalue weighted by atomic mass is 19.1. The Hall–Kier alpha value is -3.28. The van der Waals surface area contributed by atoms with E-state index < -0.39 is 0 Å². The number of amides is 1. The molecule has 0 saturated carbocycles. The van der Waals surface area contributed by atoms with E-state index in [2.05, 4.69) is 20.2 Å². The number of aromatic nitrogens is 2. The zero-order chi connectivity index (χ0) is 19.3. The molecule has 0 unspecified atom stereocenters. The largest absolute Gasteiger partial charge is 0.341 e. The number of halogens is 1. The van der Waals surface area contributed by atoms with E-state index in [0.29, 0.717) is 11.3 Å². The molecule has 0 spiro atoms. The molecule has 1 aliphatic rings. The van der Waals surface area contributed by atoms with E-state index in [-0.39, 0.29) is 11.7 Å². The van der Waals surface area contributed by atoms with Crippen molar-refractivity contribution in [1.29, 1.82) is 0 Å². The molecule has 0 atom stereocenters. The summed E-state index contributed by atoms with van der Waals surface area (Å²) in [5.41, 5.74) is 2.79. The highest BCUT2D eigenvalue weighted by Crippen LogP contribution is 2.22. The number of anilines is 2. The number of rotatable bonds is 4. The Morgan fingerprint density at radius 1 is 0.929 bits per heavy atom. The summed E-state index contributed by atoms with van der Waals surface area (Å²) in [5.74, 6) is 0.168. The van der Waals surface area contributed by atoms with Gasteiger partial charge < -0.3 is 10.2 Å². The molecular formula is C22H21FN4O. The molecule has 0 radical (unpaired) electrons. The lowest BCUT2D eigenvalue weighted by Gasteiger charge is -2.26. The van der Waals surface area contributed by atoms with Crippen LogP contribution in [0.5, 0.6) is 0 Å². The molecule has 6 heteroatoms. The minimum absolute atomic E-state index is 0.251. The van der Waals surface area contributed by atoms with Gasteiger partial charge in [0.2, 0.25) is 5.95 Å². The molecular weight excluding hydrogens is 355 g/mol. The van der Waals surface area contributed by atoms with Gasteiger partial charge in [0, 0.05) is 42.3 Å². The molecule has 28 heavy (non-hydrogen) atoms. The average Bonchev–Trinajstić information content (AvgIpc) is 2.76. The predicted molar refractivity (Wildman–Crippen MR) is 108 cm³/mol. The zero-order valence-corrected chi connectivity index (χ0v) is 15.4. The summed E-state index contributed by atoms with van der Waals surface area (Å²) in [6.07, 6.45) is 7.22. The van der Waals surface area contributed by atoms with Gasteiger partial charge in [-0.05, 0) is 61.2 Å². The molecule has 142 valence electrons. The van der Waals surface area contributed by atoms with Gasteiger partial charge >= 0.3 is 0 Å². The molecule has 3 aromatic rings. The number of nitrogens with zero attached hydrogens (tertiary/aromatic N) is 3. The van der Waals surface area contributed by atoms with Gasteiger partial charge in [-0.15, -0.1) is 0 Å². The van der Waals surface area contributed by atoms with Crippen molar-refractivity contribution < 1.29 is 9.18 Å². The molecule has 1 aliphatic heterocycles. The second-order valence-electron chi connectivity index (χ2n) is 6.86. The van der Waals surface area contributed by atoms with Crippen LogP contribution in [0.4, 0.5) is 16.0 Å². The van der Waals surface area contributed by atoms with Crippen molar-refractivity contribution in [1.82, 2.24) is 9.97 Å². The van der Waals surface area contributed by atoms with E-state index in [1.54, 1.807) is 24.5 Å². The van der Waals surface area contributed by atoms with Crippen molar-refractivity contribution in [2.45, 2.75) is 19.3 Å². The Kier molecular flexibility index (Phi) is 5.28. The monoisotopic (exact) mass is 376 g/mol. The third-order valence-electron chi connectivity index (χ3n) is 4.84. The minimum atomic E-state index is -0.340. The van der Waals surface area contributed by atoms with Gasteiger partial charge in [-0.1, -0.05) is 12.1 Å². The molecule has 2 aromatic carbocycles. The number of carbonyl (C=O) groups excluding carboxylic acids is 1. The third kappa shape index (κ3) is 4.17. The Bertz CT molecular complexity index is 951. The summed E-state index contributed by atoms with van der Waals surface area (Å²) in [5, 5.41) is 2.77. The maximum atomic E-state index is 13.0. The summed E-state index contributed by atoms with van der Waals surface area (Å²) < 4.78 is 13.0. The Balaban J connectivity index is 1.49. The second kappa shape index (κ2) is 8.17. The molecule has 0 bridgehead atoms. The second-order valence-corrected chi connectivity index (χ2v) is 6.86. The van der Waals surface area contributed by atoms with Crippen LogP contribution < -0.4 is 10.2 Å². The van der Waals surface area contributed by atoms with Crippen LogP contribution in [0.3, 0.4) is 0 Å². The SMILES string of the molecule is O=C(Nc1ccc(F)cc1)c1cccc(-c2cnc(N3CCCCC3)nc2)c1. The molecule has 0 aliphatic carbocycles. The third-order valence-corrected chi connectivity index (χ3v) is 4.84. The van der Waals surface area contributed by atoms with Crippen LogP contribution in [0, 0.1) is 5.82 Å². The van der Waals surface area contributed by atoms with Crippen LogP contribution in [0.15, 0.2) is 60.9 Å². The van der Waals surface area contributed by atoms with Crippen LogP contribution in [-0.4, -0.2) is 29.0 Å². The van der Waals surface area contributed by atoms with Crippen molar-refractivity contribution in [2.24, 2.45) is 0 Å². The Labute approximate surface area is 163 Å². The van der Waals surface area contributed by atoms with Crippen molar-refractivity contribution in [3.05, 3.63) is 72.3 Å². The number of benzene rings is 2. The van der Waals surface area contributed by atoms with Crippen LogP contribution in [0.25, 0.3) is 11.1 Å². The van der Waals surface area contributed by atoms with Gasteiger partial charge in [0.25, 0.3) is 5.91 Å². The Morgan fingerprint density at radius 3 is 2.36 bits per heavy atom. The molecule has 1 saturated heterocycles. The van der Waals surface area contributed by atoms with Crippen LogP contribution >= 0.6 is 0 Å². The van der Waals surface area contributed by atoms with Crippen LogP contribution in [-0.2, 0) is 0 Å².